The fraction of sp³-hybridized carbons (Fsp3) is 0.200. The Labute approximate surface area is 196 Å². The molecular weight excluding hydrogens is 487 g/mol. The molecule has 0 aliphatic carbocycles. The molecule has 2 N–H and O–H groups in total. The average molecular weight is 503 g/mol. The average Bonchev–Trinajstić information content (AvgIpc) is 3.20. The molecule has 0 bridgehead atoms. The number of aromatic amines is 1. The molecule has 0 aliphatic rings. The molecule has 1 aromatic carbocycles. The van der Waals surface area contributed by atoms with E-state index in [-0.39, 0.29) is 28.6 Å². The number of pyridine rings is 1. The van der Waals surface area contributed by atoms with Crippen LogP contribution in [0.3, 0.4) is 0 Å². The predicted molar refractivity (Wildman–Crippen MR) is 117 cm³/mol. The Morgan fingerprint density at radius 2 is 1.72 bits per heavy atom. The molecule has 32 heavy (non-hydrogen) atoms. The van der Waals surface area contributed by atoms with Crippen molar-refractivity contribution in [3.63, 3.8) is 0 Å². The minimum Gasteiger partial charge on any atom is -0.333 e. The molecule has 3 rings (SSSR count). The molecular formula is C20H16Cl3F2N5O2. The maximum absolute atomic E-state index is 13.5. The van der Waals surface area contributed by atoms with E-state index in [0.29, 0.717) is 40.7 Å². The van der Waals surface area contributed by atoms with Gasteiger partial charge in [-0.05, 0) is 18.6 Å². The summed E-state index contributed by atoms with van der Waals surface area (Å²) in [6.45, 7) is 2.43. The number of nitrogens with one attached hydrogen (secondary N) is 2. The van der Waals surface area contributed by atoms with Crippen molar-refractivity contribution >= 4 is 52.4 Å². The minimum absolute atomic E-state index is 0.0198. The summed E-state index contributed by atoms with van der Waals surface area (Å²) in [6, 6.07) is 2.69. The van der Waals surface area contributed by atoms with Crippen LogP contribution in [0.1, 0.15) is 39.8 Å². The van der Waals surface area contributed by atoms with Crippen LogP contribution >= 0.6 is 34.8 Å². The van der Waals surface area contributed by atoms with E-state index in [0.717, 1.165) is 0 Å². The second kappa shape index (κ2) is 10.2. The number of hydrogen-bond donors (Lipinski definition) is 2. The van der Waals surface area contributed by atoms with Gasteiger partial charge in [0.25, 0.3) is 11.8 Å². The van der Waals surface area contributed by atoms with E-state index in [4.69, 9.17) is 34.8 Å². The van der Waals surface area contributed by atoms with Gasteiger partial charge in [-0.25, -0.2) is 8.78 Å². The number of carbonyl (C=O) groups is 2. The van der Waals surface area contributed by atoms with Crippen molar-refractivity contribution < 1.29 is 18.4 Å². The lowest BCUT2D eigenvalue weighted by Crippen LogP contribution is -2.31. The highest BCUT2D eigenvalue weighted by Crippen LogP contribution is 2.25. The van der Waals surface area contributed by atoms with E-state index < -0.39 is 23.4 Å². The van der Waals surface area contributed by atoms with Gasteiger partial charge in [-0.2, -0.15) is 5.10 Å². The Morgan fingerprint density at radius 1 is 1.06 bits per heavy atom. The van der Waals surface area contributed by atoms with Gasteiger partial charge in [0.05, 0.1) is 20.6 Å². The van der Waals surface area contributed by atoms with E-state index in [2.05, 4.69) is 20.5 Å². The Hall–Kier alpha value is -2.75. The first-order chi connectivity index (χ1) is 15.2. The van der Waals surface area contributed by atoms with Gasteiger partial charge >= 0.3 is 0 Å². The van der Waals surface area contributed by atoms with Crippen molar-refractivity contribution in [3.8, 4) is 0 Å². The number of amides is 2. The van der Waals surface area contributed by atoms with Gasteiger partial charge in [0, 0.05) is 37.1 Å². The zero-order valence-corrected chi connectivity index (χ0v) is 18.8. The summed E-state index contributed by atoms with van der Waals surface area (Å²) in [5, 5.41) is 9.23. The smallest absolute Gasteiger partial charge is 0.274 e. The standard InChI is InChI=1S/C20H16Cl3F2N5O2/c1-2-3-30(9-11-13(22)7-26-8-14(11)23)20(32)17-6-18(29-28-17)27-19(31)10-4-15(24)16(25)5-12(10)21/h4-8H,2-3,9H2,1H3,(H2,27,28,29,31). The molecule has 0 radical (unpaired) electrons. The van der Waals surface area contributed by atoms with Crippen molar-refractivity contribution in [3.05, 3.63) is 74.1 Å². The van der Waals surface area contributed by atoms with Gasteiger partial charge in [-0.3, -0.25) is 19.7 Å². The second-order valence-corrected chi connectivity index (χ2v) is 7.90. The van der Waals surface area contributed by atoms with Crippen molar-refractivity contribution in [1.82, 2.24) is 20.1 Å². The topological polar surface area (TPSA) is 91.0 Å². The highest BCUT2D eigenvalue weighted by atomic mass is 35.5. The first kappa shape index (κ1) is 23.9. The second-order valence-electron chi connectivity index (χ2n) is 6.68. The number of rotatable bonds is 7. The highest BCUT2D eigenvalue weighted by Gasteiger charge is 2.22. The zero-order valence-electron chi connectivity index (χ0n) is 16.6. The lowest BCUT2D eigenvalue weighted by molar-refractivity contribution is 0.0737. The van der Waals surface area contributed by atoms with Gasteiger partial charge in [0.1, 0.15) is 5.82 Å². The fourth-order valence-electron chi connectivity index (χ4n) is 2.85. The Bertz CT molecular complexity index is 1150. The summed E-state index contributed by atoms with van der Waals surface area (Å²) in [7, 11) is 0. The molecule has 3 aromatic rings. The number of carbonyl (C=O) groups excluding carboxylic acids is 2. The van der Waals surface area contributed by atoms with E-state index in [1.807, 2.05) is 6.92 Å². The van der Waals surface area contributed by atoms with Crippen molar-refractivity contribution in [2.45, 2.75) is 19.9 Å². The zero-order chi connectivity index (χ0) is 23.4. The molecule has 0 unspecified atom stereocenters. The van der Waals surface area contributed by atoms with Crippen LogP contribution in [0.5, 0.6) is 0 Å². The maximum Gasteiger partial charge on any atom is 0.274 e. The van der Waals surface area contributed by atoms with Crippen LogP contribution in [-0.2, 0) is 6.54 Å². The summed E-state index contributed by atoms with van der Waals surface area (Å²) < 4.78 is 26.7. The summed E-state index contributed by atoms with van der Waals surface area (Å²) in [4.78, 5) is 30.7. The van der Waals surface area contributed by atoms with Gasteiger partial charge in [0.2, 0.25) is 0 Å². The number of hydrogen-bond acceptors (Lipinski definition) is 4. The Kier molecular flexibility index (Phi) is 7.65. The summed E-state index contributed by atoms with van der Waals surface area (Å²) in [5.41, 5.74) is 0.288. The van der Waals surface area contributed by atoms with Gasteiger partial charge in [0.15, 0.2) is 17.3 Å². The number of aromatic nitrogens is 3. The first-order valence-electron chi connectivity index (χ1n) is 9.29. The highest BCUT2D eigenvalue weighted by molar-refractivity contribution is 6.35. The molecule has 0 fully saturated rings. The monoisotopic (exact) mass is 501 g/mol. The third kappa shape index (κ3) is 5.35. The van der Waals surface area contributed by atoms with Crippen LogP contribution in [0, 0.1) is 11.6 Å². The van der Waals surface area contributed by atoms with Crippen LogP contribution in [0.2, 0.25) is 15.1 Å². The van der Waals surface area contributed by atoms with Gasteiger partial charge in [-0.1, -0.05) is 41.7 Å². The van der Waals surface area contributed by atoms with E-state index >= 15 is 0 Å². The molecule has 2 aromatic heterocycles. The van der Waals surface area contributed by atoms with E-state index in [1.165, 1.54) is 23.4 Å². The number of benzene rings is 1. The van der Waals surface area contributed by atoms with Gasteiger partial charge in [-0.15, -0.1) is 0 Å². The van der Waals surface area contributed by atoms with E-state index in [9.17, 15) is 18.4 Å². The minimum atomic E-state index is -1.22. The normalized spacial score (nSPS) is 10.8. The van der Waals surface area contributed by atoms with Crippen LogP contribution in [0.4, 0.5) is 14.6 Å². The Morgan fingerprint density at radius 3 is 2.38 bits per heavy atom. The lowest BCUT2D eigenvalue weighted by atomic mass is 10.2. The van der Waals surface area contributed by atoms with Crippen molar-refractivity contribution in [2.75, 3.05) is 11.9 Å². The van der Waals surface area contributed by atoms with Crippen molar-refractivity contribution in [1.29, 1.82) is 0 Å². The SMILES string of the molecule is CCCN(Cc1c(Cl)cncc1Cl)C(=O)c1cc(NC(=O)c2cc(F)c(F)cc2Cl)[nH]n1. The quantitative estimate of drug-likeness (QED) is 0.426. The number of H-pyrrole nitrogens is 1. The molecule has 0 spiro atoms. The largest absolute Gasteiger partial charge is 0.333 e. The summed E-state index contributed by atoms with van der Waals surface area (Å²) in [6.07, 6.45) is 3.53. The summed E-state index contributed by atoms with van der Waals surface area (Å²) >= 11 is 18.1. The Balaban J connectivity index is 1.77. The molecule has 12 heteroatoms. The molecule has 2 amide bonds. The van der Waals surface area contributed by atoms with Crippen LogP contribution in [0.25, 0.3) is 0 Å². The predicted octanol–water partition coefficient (Wildman–Crippen LogP) is 5.35. The molecule has 0 atom stereocenters. The van der Waals surface area contributed by atoms with Gasteiger partial charge < -0.3 is 10.2 Å². The molecule has 0 saturated carbocycles. The fourth-order valence-corrected chi connectivity index (χ4v) is 3.57. The number of nitrogens with zero attached hydrogens (tertiary/aromatic N) is 3. The molecule has 168 valence electrons. The molecule has 0 saturated heterocycles. The van der Waals surface area contributed by atoms with Crippen molar-refractivity contribution in [2.24, 2.45) is 0 Å². The first-order valence-corrected chi connectivity index (χ1v) is 10.4. The van der Waals surface area contributed by atoms with Crippen LogP contribution in [0.15, 0.2) is 30.6 Å². The van der Waals surface area contributed by atoms with E-state index in [1.54, 1.807) is 0 Å². The van der Waals surface area contributed by atoms with Crippen LogP contribution < -0.4 is 5.32 Å². The summed E-state index contributed by atoms with van der Waals surface area (Å²) in [5.74, 6) is -3.57. The maximum atomic E-state index is 13.5. The number of halogens is 5. The molecule has 7 nitrogen and oxygen atoms in total. The third-order valence-electron chi connectivity index (χ3n) is 4.38. The number of anilines is 1. The van der Waals surface area contributed by atoms with Crippen LogP contribution in [-0.4, -0.2) is 38.4 Å². The third-order valence-corrected chi connectivity index (χ3v) is 5.35. The lowest BCUT2D eigenvalue weighted by Gasteiger charge is -2.22. The molecule has 2 heterocycles. The molecule has 0 aliphatic heterocycles.